The van der Waals surface area contributed by atoms with E-state index in [0.29, 0.717) is 31.6 Å². The molecule has 41 heavy (non-hydrogen) atoms. The first-order chi connectivity index (χ1) is 19.8. The van der Waals surface area contributed by atoms with Gasteiger partial charge >= 0.3 is 0 Å². The molecule has 0 unspecified atom stereocenters. The number of likely N-dealkylation sites (tertiary alicyclic amines) is 1. The summed E-state index contributed by atoms with van der Waals surface area (Å²) in [5.74, 6) is -0.602. The second kappa shape index (κ2) is 13.6. The molecule has 3 amide bonds. The number of hydrogen-bond acceptors (Lipinski definition) is 6. The van der Waals surface area contributed by atoms with E-state index in [-0.39, 0.29) is 24.3 Å². The van der Waals surface area contributed by atoms with Gasteiger partial charge in [0.25, 0.3) is 0 Å². The van der Waals surface area contributed by atoms with Crippen molar-refractivity contribution in [3.8, 4) is 22.9 Å². The average Bonchev–Trinajstić information content (AvgIpc) is 2.99. The summed E-state index contributed by atoms with van der Waals surface area (Å²) in [5, 5.41) is 15.4. The van der Waals surface area contributed by atoms with Crippen molar-refractivity contribution in [2.75, 3.05) is 20.2 Å². The zero-order valence-corrected chi connectivity index (χ0v) is 23.3. The van der Waals surface area contributed by atoms with E-state index in [1.54, 1.807) is 24.1 Å². The zero-order valence-electron chi connectivity index (χ0n) is 23.3. The van der Waals surface area contributed by atoms with E-state index in [1.165, 1.54) is 6.92 Å². The van der Waals surface area contributed by atoms with Crippen LogP contribution in [0, 0.1) is 11.3 Å². The number of nitriles is 1. The molecule has 0 aromatic heterocycles. The van der Waals surface area contributed by atoms with E-state index in [4.69, 9.17) is 15.7 Å². The molecule has 4 N–H and O–H groups in total. The van der Waals surface area contributed by atoms with Crippen LogP contribution in [0.25, 0.3) is 11.1 Å². The number of carbonyl (C=O) groups excluding carboxylic acids is 3. The summed E-state index contributed by atoms with van der Waals surface area (Å²) in [7, 11) is 1.65. The van der Waals surface area contributed by atoms with Gasteiger partial charge in [-0.05, 0) is 47.4 Å². The lowest BCUT2D eigenvalue weighted by atomic mass is 9.85. The van der Waals surface area contributed by atoms with Crippen molar-refractivity contribution < 1.29 is 19.1 Å². The third kappa shape index (κ3) is 7.50. The number of carbonyl (C=O) groups is 3. The van der Waals surface area contributed by atoms with Gasteiger partial charge in [-0.15, -0.1) is 0 Å². The highest BCUT2D eigenvalue weighted by Gasteiger charge is 2.35. The third-order valence-corrected chi connectivity index (χ3v) is 7.42. The molecule has 1 aliphatic rings. The Morgan fingerprint density at radius 1 is 1.07 bits per heavy atom. The van der Waals surface area contributed by atoms with E-state index >= 15 is 0 Å². The van der Waals surface area contributed by atoms with Crippen LogP contribution in [-0.4, -0.2) is 54.9 Å². The minimum Gasteiger partial charge on any atom is -0.496 e. The maximum absolute atomic E-state index is 13.4. The largest absolute Gasteiger partial charge is 0.496 e. The van der Waals surface area contributed by atoms with Crippen LogP contribution in [0.1, 0.15) is 42.4 Å². The molecule has 3 atom stereocenters. The van der Waals surface area contributed by atoms with Gasteiger partial charge in [0.15, 0.2) is 0 Å². The minimum absolute atomic E-state index is 0.0202. The first-order valence-corrected chi connectivity index (χ1v) is 13.6. The molecule has 9 heteroatoms. The fourth-order valence-electron chi connectivity index (χ4n) is 5.38. The maximum atomic E-state index is 13.4. The lowest BCUT2D eigenvalue weighted by Crippen LogP contribution is -2.55. The molecule has 0 saturated carbocycles. The number of benzene rings is 3. The summed E-state index contributed by atoms with van der Waals surface area (Å²) in [6, 6.07) is 24.7. The van der Waals surface area contributed by atoms with Crippen molar-refractivity contribution >= 4 is 17.7 Å². The van der Waals surface area contributed by atoms with Crippen LogP contribution in [0.2, 0.25) is 0 Å². The smallest absolute Gasteiger partial charge is 0.245 e. The molecule has 1 fully saturated rings. The number of rotatable bonds is 10. The van der Waals surface area contributed by atoms with Crippen molar-refractivity contribution in [3.63, 3.8) is 0 Å². The second-order valence-corrected chi connectivity index (χ2v) is 10.2. The van der Waals surface area contributed by atoms with E-state index in [0.717, 1.165) is 28.0 Å². The van der Waals surface area contributed by atoms with Gasteiger partial charge in [0.05, 0.1) is 25.2 Å². The molecule has 1 aliphatic heterocycles. The Hall–Kier alpha value is -4.68. The number of ether oxygens (including phenoxy) is 1. The van der Waals surface area contributed by atoms with E-state index < -0.39 is 17.9 Å². The quantitative estimate of drug-likeness (QED) is 0.353. The van der Waals surface area contributed by atoms with Crippen LogP contribution in [-0.2, 0) is 20.9 Å². The molecule has 0 radical (unpaired) electrons. The SMILES string of the molecule is COc1ccc(-c2ccc(C#N)cc2)cc1CN[C@H]1CCN(C(=O)[C@@H](CC(N)=O)NC(C)=O)C[C@H]1c1ccccc1. The van der Waals surface area contributed by atoms with Gasteiger partial charge in [-0.3, -0.25) is 14.4 Å². The van der Waals surface area contributed by atoms with Crippen molar-refractivity contribution in [2.24, 2.45) is 5.73 Å². The predicted octanol–water partition coefficient (Wildman–Crippen LogP) is 3.09. The molecule has 0 spiro atoms. The lowest BCUT2D eigenvalue weighted by molar-refractivity contribution is -0.139. The second-order valence-electron chi connectivity index (χ2n) is 10.2. The van der Waals surface area contributed by atoms with E-state index in [1.807, 2.05) is 54.6 Å². The molecule has 9 nitrogen and oxygen atoms in total. The Balaban J connectivity index is 1.54. The molecule has 212 valence electrons. The standard InChI is InChI=1S/C32H35N5O4/c1-21(38)36-29(17-31(34)39)32(40)37-15-14-28(27(20-37)24-6-4-3-5-7-24)35-19-26-16-25(12-13-30(26)41-2)23-10-8-22(18-33)9-11-23/h3-13,16,27-29,35H,14-15,17,19-20H2,1-2H3,(H2,34,39)(H,36,38)/t27-,28-,29+/m0/s1. The molecule has 3 aromatic rings. The van der Waals surface area contributed by atoms with Crippen LogP contribution in [0.3, 0.4) is 0 Å². The monoisotopic (exact) mass is 553 g/mol. The minimum atomic E-state index is -0.986. The Morgan fingerprint density at radius 2 is 1.78 bits per heavy atom. The molecule has 0 bridgehead atoms. The van der Waals surface area contributed by atoms with Gasteiger partial charge in [0.2, 0.25) is 17.7 Å². The van der Waals surface area contributed by atoms with Gasteiger partial charge in [-0.25, -0.2) is 0 Å². The van der Waals surface area contributed by atoms with Gasteiger partial charge in [-0.2, -0.15) is 5.26 Å². The van der Waals surface area contributed by atoms with Gasteiger partial charge in [-0.1, -0.05) is 48.5 Å². The maximum Gasteiger partial charge on any atom is 0.245 e. The van der Waals surface area contributed by atoms with Crippen molar-refractivity contribution in [2.45, 2.75) is 44.3 Å². The van der Waals surface area contributed by atoms with Crippen LogP contribution in [0.15, 0.2) is 72.8 Å². The first kappa shape index (κ1) is 29.3. The number of nitrogens with two attached hydrogens (primary N) is 1. The Kier molecular flexibility index (Phi) is 9.72. The topological polar surface area (TPSA) is 138 Å². The molecule has 3 aromatic carbocycles. The van der Waals surface area contributed by atoms with E-state index in [2.05, 4.69) is 22.8 Å². The third-order valence-electron chi connectivity index (χ3n) is 7.42. The molecular weight excluding hydrogens is 518 g/mol. The van der Waals surface area contributed by atoms with Crippen molar-refractivity contribution in [1.82, 2.24) is 15.5 Å². The van der Waals surface area contributed by atoms with Crippen LogP contribution in [0.5, 0.6) is 5.75 Å². The highest BCUT2D eigenvalue weighted by atomic mass is 16.5. The zero-order chi connectivity index (χ0) is 29.4. The molecule has 4 rings (SSSR count). The van der Waals surface area contributed by atoms with Gasteiger partial charge < -0.3 is 26.0 Å². The lowest BCUT2D eigenvalue weighted by Gasteiger charge is -2.40. The number of piperidine rings is 1. The Labute approximate surface area is 240 Å². The molecular formula is C32H35N5O4. The summed E-state index contributed by atoms with van der Waals surface area (Å²) in [4.78, 5) is 38.4. The van der Waals surface area contributed by atoms with E-state index in [9.17, 15) is 14.4 Å². The number of nitrogens with one attached hydrogen (secondary N) is 2. The van der Waals surface area contributed by atoms with Crippen LogP contribution < -0.4 is 21.1 Å². The highest BCUT2D eigenvalue weighted by Crippen LogP contribution is 2.31. The van der Waals surface area contributed by atoms with Crippen molar-refractivity contribution in [3.05, 3.63) is 89.5 Å². The molecule has 0 aliphatic carbocycles. The average molecular weight is 554 g/mol. The van der Waals surface area contributed by atoms with Gasteiger partial charge in [0.1, 0.15) is 11.8 Å². The number of primary amides is 1. The molecule has 1 saturated heterocycles. The fourth-order valence-corrected chi connectivity index (χ4v) is 5.38. The summed E-state index contributed by atoms with van der Waals surface area (Å²) in [5.41, 5.74) is 10.1. The summed E-state index contributed by atoms with van der Waals surface area (Å²) >= 11 is 0. The number of amides is 3. The Bertz CT molecular complexity index is 1400. The summed E-state index contributed by atoms with van der Waals surface area (Å²) in [6.07, 6.45) is 0.425. The number of nitrogens with zero attached hydrogens (tertiary/aromatic N) is 2. The number of hydrogen-bond donors (Lipinski definition) is 3. The first-order valence-electron chi connectivity index (χ1n) is 13.6. The van der Waals surface area contributed by atoms with Crippen molar-refractivity contribution in [1.29, 1.82) is 5.26 Å². The summed E-state index contributed by atoms with van der Waals surface area (Å²) in [6.45, 7) is 2.76. The summed E-state index contributed by atoms with van der Waals surface area (Å²) < 4.78 is 5.65. The normalized spacial score (nSPS) is 17.2. The molecule has 1 heterocycles. The Morgan fingerprint density at radius 3 is 2.41 bits per heavy atom. The van der Waals surface area contributed by atoms with Crippen LogP contribution >= 0.6 is 0 Å². The van der Waals surface area contributed by atoms with Gasteiger partial charge in [0, 0.05) is 44.1 Å². The number of methoxy groups -OCH3 is 1. The predicted molar refractivity (Wildman–Crippen MR) is 156 cm³/mol. The highest BCUT2D eigenvalue weighted by molar-refractivity contribution is 5.91. The van der Waals surface area contributed by atoms with Crippen LogP contribution in [0.4, 0.5) is 0 Å². The fraction of sp³-hybridized carbons (Fsp3) is 0.312.